The molecule has 3 N–H and O–H groups in total. The van der Waals surface area contributed by atoms with E-state index >= 15 is 0 Å². The lowest BCUT2D eigenvalue weighted by atomic mass is 10.1. The second kappa shape index (κ2) is 10.3. The summed E-state index contributed by atoms with van der Waals surface area (Å²) in [6.07, 6.45) is -5.54. The zero-order valence-electron chi connectivity index (χ0n) is 19.3. The lowest BCUT2D eigenvalue weighted by Gasteiger charge is -2.16. The molecule has 0 unspecified atom stereocenters. The smallest absolute Gasteiger partial charge is 0.324 e. The third kappa shape index (κ3) is 5.79. The van der Waals surface area contributed by atoms with Crippen LogP contribution in [-0.4, -0.2) is 29.0 Å². The maximum absolute atomic E-state index is 13.3. The molecule has 2 amide bonds. The highest BCUT2D eigenvalue weighted by atomic mass is 19.4. The van der Waals surface area contributed by atoms with Gasteiger partial charge in [-0.2, -0.15) is 23.9 Å². The number of alkyl halides is 3. The first-order valence-electron chi connectivity index (χ1n) is 10.8. The number of aromatic nitrogens is 2. The molecule has 37 heavy (non-hydrogen) atoms. The molecule has 0 fully saturated rings. The molecule has 0 saturated carbocycles. The van der Waals surface area contributed by atoms with E-state index in [2.05, 4.69) is 20.8 Å². The number of halogens is 3. The highest BCUT2D eigenvalue weighted by molar-refractivity contribution is 5.95. The van der Waals surface area contributed by atoms with Crippen LogP contribution in [0.4, 0.5) is 29.6 Å². The van der Waals surface area contributed by atoms with Crippen molar-refractivity contribution >= 4 is 34.7 Å². The number of hydrogen-bond acceptors (Lipinski definition) is 6. The van der Waals surface area contributed by atoms with Gasteiger partial charge in [0.1, 0.15) is 0 Å². The van der Waals surface area contributed by atoms with Crippen LogP contribution in [0.1, 0.15) is 27.0 Å². The highest BCUT2D eigenvalue weighted by Crippen LogP contribution is 2.35. The fourth-order valence-corrected chi connectivity index (χ4v) is 3.47. The monoisotopic (exact) mass is 508 g/mol. The molecule has 9 nitrogen and oxygen atoms in total. The summed E-state index contributed by atoms with van der Waals surface area (Å²) in [5, 5.41) is 11.6. The number of nitrogens with one attached hydrogen (secondary N) is 3. The number of hydroxylamine groups is 1. The van der Waals surface area contributed by atoms with E-state index in [9.17, 15) is 22.8 Å². The highest BCUT2D eigenvalue weighted by Gasteiger charge is 2.34. The summed E-state index contributed by atoms with van der Waals surface area (Å²) in [7, 11) is 1.60. The number of hydrogen-bond donors (Lipinski definition) is 3. The first-order chi connectivity index (χ1) is 17.7. The summed E-state index contributed by atoms with van der Waals surface area (Å²) in [5.41, 5.74) is 2.21. The van der Waals surface area contributed by atoms with Gasteiger partial charge in [-0.3, -0.25) is 4.79 Å². The van der Waals surface area contributed by atoms with E-state index in [0.717, 1.165) is 17.7 Å². The van der Waals surface area contributed by atoms with Gasteiger partial charge in [0.05, 0.1) is 28.2 Å². The van der Waals surface area contributed by atoms with Gasteiger partial charge in [-0.25, -0.2) is 9.78 Å². The standard InChI is InChI=1S/C25H19F3N6O3/c1-34(23-31-20-11-17(13-29)19(25(26,27)28)12-21(20)32-23)18-9-5-8-16(10-18)22(35)33-37-24(36)30-14-15-6-3-2-4-7-15/h2-12H,14H2,1H3,(H,30,36)(H,31,32)(H,33,35). The molecule has 0 spiro atoms. The quantitative estimate of drug-likeness (QED) is 0.333. The molecule has 0 bridgehead atoms. The van der Waals surface area contributed by atoms with Crippen LogP contribution < -0.4 is 15.7 Å². The number of rotatable bonds is 5. The van der Waals surface area contributed by atoms with Gasteiger partial charge in [0.2, 0.25) is 5.95 Å². The number of nitriles is 1. The van der Waals surface area contributed by atoms with Crippen molar-refractivity contribution in [3.63, 3.8) is 0 Å². The Morgan fingerprint density at radius 3 is 2.57 bits per heavy atom. The predicted molar refractivity (Wildman–Crippen MR) is 128 cm³/mol. The third-order valence-electron chi connectivity index (χ3n) is 5.36. The molecule has 0 radical (unpaired) electrons. The number of carbonyl (C=O) groups excluding carboxylic acids is 2. The van der Waals surface area contributed by atoms with Crippen LogP contribution in [0.25, 0.3) is 11.0 Å². The number of carbonyl (C=O) groups is 2. The molecule has 0 saturated heterocycles. The van der Waals surface area contributed by atoms with Crippen LogP contribution in [0.15, 0.2) is 66.7 Å². The van der Waals surface area contributed by atoms with Crippen LogP contribution >= 0.6 is 0 Å². The topological polar surface area (TPSA) is 123 Å². The molecule has 0 aliphatic carbocycles. The van der Waals surface area contributed by atoms with E-state index in [1.165, 1.54) is 17.0 Å². The number of amides is 2. The maximum Gasteiger partial charge on any atom is 0.431 e. The lowest BCUT2D eigenvalue weighted by Crippen LogP contribution is -2.33. The molecule has 188 valence electrons. The van der Waals surface area contributed by atoms with Gasteiger partial charge in [0, 0.05) is 24.8 Å². The van der Waals surface area contributed by atoms with Gasteiger partial charge in [-0.15, -0.1) is 0 Å². The minimum Gasteiger partial charge on any atom is -0.324 e. The SMILES string of the molecule is CN(c1cccc(C(=O)NOC(=O)NCc2ccccc2)c1)c1nc2cc(C#N)c(C(F)(F)F)cc2[nH]1. The van der Waals surface area contributed by atoms with E-state index in [0.29, 0.717) is 5.69 Å². The Hall–Kier alpha value is -5.05. The molecule has 0 atom stereocenters. The van der Waals surface area contributed by atoms with Gasteiger partial charge in [-0.05, 0) is 35.9 Å². The van der Waals surface area contributed by atoms with Crippen molar-refractivity contribution in [3.05, 3.63) is 89.0 Å². The van der Waals surface area contributed by atoms with Crippen LogP contribution in [0, 0.1) is 11.3 Å². The summed E-state index contributed by atoms with van der Waals surface area (Å²) in [6.45, 7) is 0.216. The van der Waals surface area contributed by atoms with Crippen molar-refractivity contribution in [2.24, 2.45) is 0 Å². The minimum atomic E-state index is -4.70. The number of imidazole rings is 1. The molecule has 3 aromatic carbocycles. The van der Waals surface area contributed by atoms with Crippen molar-refractivity contribution in [2.45, 2.75) is 12.7 Å². The summed E-state index contributed by atoms with van der Waals surface area (Å²) < 4.78 is 39.8. The molecular weight excluding hydrogens is 489 g/mol. The van der Waals surface area contributed by atoms with Crippen LogP contribution in [0.5, 0.6) is 0 Å². The second-order valence-corrected chi connectivity index (χ2v) is 7.85. The van der Waals surface area contributed by atoms with E-state index in [1.807, 2.05) is 30.3 Å². The Morgan fingerprint density at radius 2 is 1.86 bits per heavy atom. The second-order valence-electron chi connectivity index (χ2n) is 7.85. The summed E-state index contributed by atoms with van der Waals surface area (Å²) in [6, 6.07) is 18.8. The molecular formula is C25H19F3N6O3. The van der Waals surface area contributed by atoms with Crippen molar-refractivity contribution in [3.8, 4) is 6.07 Å². The van der Waals surface area contributed by atoms with Crippen molar-refractivity contribution < 1.29 is 27.6 Å². The predicted octanol–water partition coefficient (Wildman–Crippen LogP) is 4.79. The fraction of sp³-hybridized carbons (Fsp3) is 0.120. The van der Waals surface area contributed by atoms with Crippen LogP contribution in [0.3, 0.4) is 0 Å². The largest absolute Gasteiger partial charge is 0.431 e. The van der Waals surface area contributed by atoms with Crippen LogP contribution in [-0.2, 0) is 17.6 Å². The summed E-state index contributed by atoms with van der Waals surface area (Å²) >= 11 is 0. The van der Waals surface area contributed by atoms with Gasteiger partial charge >= 0.3 is 12.3 Å². The van der Waals surface area contributed by atoms with E-state index in [4.69, 9.17) is 10.1 Å². The minimum absolute atomic E-state index is 0.0944. The van der Waals surface area contributed by atoms with Crippen molar-refractivity contribution in [1.29, 1.82) is 5.26 Å². The summed E-state index contributed by atoms with van der Waals surface area (Å²) in [4.78, 5) is 37.7. The Bertz CT molecular complexity index is 1500. The molecule has 4 aromatic rings. The van der Waals surface area contributed by atoms with E-state index in [-0.39, 0.29) is 29.1 Å². The fourth-order valence-electron chi connectivity index (χ4n) is 3.47. The first kappa shape index (κ1) is 25.1. The van der Waals surface area contributed by atoms with E-state index in [1.54, 1.807) is 25.2 Å². The molecule has 1 heterocycles. The normalized spacial score (nSPS) is 11.0. The number of H-pyrrole nitrogens is 1. The Balaban J connectivity index is 1.45. The van der Waals surface area contributed by atoms with E-state index < -0.39 is 29.3 Å². The zero-order valence-corrected chi connectivity index (χ0v) is 19.3. The summed E-state index contributed by atoms with van der Waals surface area (Å²) in [5.74, 6) is -0.504. The lowest BCUT2D eigenvalue weighted by molar-refractivity contribution is -0.137. The Kier molecular flexibility index (Phi) is 6.97. The molecule has 4 rings (SSSR count). The van der Waals surface area contributed by atoms with Gasteiger partial charge < -0.3 is 20.0 Å². The zero-order chi connectivity index (χ0) is 26.6. The molecule has 0 aliphatic heterocycles. The van der Waals surface area contributed by atoms with Gasteiger partial charge in [-0.1, -0.05) is 36.4 Å². The van der Waals surface area contributed by atoms with Crippen molar-refractivity contribution in [2.75, 3.05) is 11.9 Å². The van der Waals surface area contributed by atoms with Gasteiger partial charge in [0.25, 0.3) is 5.91 Å². The van der Waals surface area contributed by atoms with Crippen molar-refractivity contribution in [1.82, 2.24) is 20.8 Å². The number of nitrogens with zero attached hydrogens (tertiary/aromatic N) is 3. The average Bonchev–Trinajstić information content (AvgIpc) is 3.32. The number of fused-ring (bicyclic) bond motifs is 1. The number of anilines is 2. The number of aromatic amines is 1. The first-order valence-corrected chi connectivity index (χ1v) is 10.8. The third-order valence-corrected chi connectivity index (χ3v) is 5.36. The molecule has 12 heteroatoms. The maximum atomic E-state index is 13.3. The Morgan fingerprint density at radius 1 is 1.11 bits per heavy atom. The molecule has 1 aromatic heterocycles. The average molecular weight is 508 g/mol. The Labute approximate surface area is 208 Å². The van der Waals surface area contributed by atoms with Crippen LogP contribution in [0.2, 0.25) is 0 Å². The number of benzene rings is 3. The molecule has 0 aliphatic rings. The van der Waals surface area contributed by atoms with Gasteiger partial charge in [0.15, 0.2) is 0 Å².